The van der Waals surface area contributed by atoms with Gasteiger partial charge in [-0.15, -0.1) is 0 Å². The minimum Gasteiger partial charge on any atom is -0.480 e. The zero-order valence-electron chi connectivity index (χ0n) is 12.3. The number of hydrogen-bond acceptors (Lipinski definition) is 2. The number of carbonyl (C=O) groups is 2. The van der Waals surface area contributed by atoms with Crippen LogP contribution >= 0.6 is 0 Å². The van der Waals surface area contributed by atoms with E-state index in [1.807, 2.05) is 18.2 Å². The molecule has 1 heterocycles. The van der Waals surface area contributed by atoms with Gasteiger partial charge in [0.2, 0.25) is 5.91 Å². The first kappa shape index (κ1) is 14.1. The molecule has 0 radical (unpaired) electrons. The van der Waals surface area contributed by atoms with Crippen molar-refractivity contribution in [3.63, 3.8) is 0 Å². The van der Waals surface area contributed by atoms with Gasteiger partial charge in [-0.05, 0) is 36.7 Å². The number of carboxylic acid groups (broad SMARTS) is 1. The molecule has 3 rings (SSSR count). The molecule has 4 heteroatoms. The lowest BCUT2D eigenvalue weighted by atomic mass is 9.74. The molecule has 0 atom stereocenters. The molecule has 21 heavy (non-hydrogen) atoms. The fraction of sp³-hybridized carbons (Fsp3) is 0.529. The van der Waals surface area contributed by atoms with Gasteiger partial charge >= 0.3 is 5.97 Å². The van der Waals surface area contributed by atoms with Gasteiger partial charge in [0.25, 0.3) is 0 Å². The minimum atomic E-state index is -1.10. The Morgan fingerprint density at radius 2 is 1.62 bits per heavy atom. The van der Waals surface area contributed by atoms with Crippen molar-refractivity contribution in [2.24, 2.45) is 5.41 Å². The Hall–Kier alpha value is -1.84. The number of carboxylic acids is 1. The fourth-order valence-corrected chi connectivity index (χ4v) is 3.28. The molecule has 0 bridgehead atoms. The molecule has 1 N–H and O–H groups in total. The first-order valence-corrected chi connectivity index (χ1v) is 7.56. The van der Waals surface area contributed by atoms with Crippen LogP contribution < -0.4 is 0 Å². The Labute approximate surface area is 124 Å². The third-order valence-electron chi connectivity index (χ3n) is 5.19. The van der Waals surface area contributed by atoms with E-state index in [2.05, 4.69) is 19.1 Å². The largest absolute Gasteiger partial charge is 0.480 e. The van der Waals surface area contributed by atoms with Crippen LogP contribution in [0, 0.1) is 5.41 Å². The number of nitrogens with zero attached hydrogens (tertiary/aromatic N) is 1. The molecular weight excluding hydrogens is 266 g/mol. The number of amides is 1. The van der Waals surface area contributed by atoms with Gasteiger partial charge in [-0.25, -0.2) is 0 Å². The highest BCUT2D eigenvalue weighted by molar-refractivity contribution is 6.04. The molecule has 0 unspecified atom stereocenters. The third-order valence-corrected chi connectivity index (χ3v) is 5.19. The Morgan fingerprint density at radius 1 is 1.05 bits per heavy atom. The van der Waals surface area contributed by atoms with Crippen molar-refractivity contribution >= 4 is 11.9 Å². The quantitative estimate of drug-likeness (QED) is 0.869. The summed E-state index contributed by atoms with van der Waals surface area (Å²) in [5.41, 5.74) is 0.287. The molecule has 1 saturated heterocycles. The number of carbonyl (C=O) groups excluding carboxylic acids is 1. The zero-order valence-corrected chi connectivity index (χ0v) is 12.3. The number of rotatable bonds is 3. The molecular formula is C17H21NO3. The molecule has 1 amide bonds. The summed E-state index contributed by atoms with van der Waals surface area (Å²) >= 11 is 0. The van der Waals surface area contributed by atoms with Gasteiger partial charge < -0.3 is 10.0 Å². The van der Waals surface area contributed by atoms with E-state index in [0.717, 1.165) is 12.8 Å². The highest BCUT2D eigenvalue weighted by atomic mass is 16.4. The molecule has 4 nitrogen and oxygen atoms in total. The van der Waals surface area contributed by atoms with E-state index in [-0.39, 0.29) is 11.3 Å². The molecule has 0 aromatic heterocycles. The predicted molar refractivity (Wildman–Crippen MR) is 78.9 cm³/mol. The van der Waals surface area contributed by atoms with Crippen LogP contribution in [0.5, 0.6) is 0 Å². The summed E-state index contributed by atoms with van der Waals surface area (Å²) < 4.78 is 0. The van der Waals surface area contributed by atoms with Crippen molar-refractivity contribution in [2.45, 2.75) is 38.0 Å². The lowest BCUT2D eigenvalue weighted by Gasteiger charge is -2.40. The third kappa shape index (κ3) is 2.33. The molecule has 0 spiro atoms. The monoisotopic (exact) mass is 287 g/mol. The van der Waals surface area contributed by atoms with E-state index >= 15 is 0 Å². The van der Waals surface area contributed by atoms with Crippen molar-refractivity contribution in [3.8, 4) is 0 Å². The topological polar surface area (TPSA) is 57.6 Å². The summed E-state index contributed by atoms with van der Waals surface area (Å²) in [6.07, 6.45) is 2.76. The number of aliphatic carboxylic acids is 1. The molecule has 1 aromatic rings. The SMILES string of the molecule is CC1(c2ccccc2)CCN(C(=O)C2(C(=O)O)CC2)CC1. The Bertz CT molecular complexity index is 555. The zero-order chi connectivity index (χ0) is 15.1. The van der Waals surface area contributed by atoms with Crippen LogP contribution in [0.15, 0.2) is 30.3 Å². The fourth-order valence-electron chi connectivity index (χ4n) is 3.28. The lowest BCUT2D eigenvalue weighted by molar-refractivity contribution is -0.154. The van der Waals surface area contributed by atoms with Gasteiger partial charge in [-0.1, -0.05) is 37.3 Å². The average molecular weight is 287 g/mol. The van der Waals surface area contributed by atoms with Crippen molar-refractivity contribution in [2.75, 3.05) is 13.1 Å². The van der Waals surface area contributed by atoms with Crippen molar-refractivity contribution in [3.05, 3.63) is 35.9 Å². The Balaban J connectivity index is 1.68. The van der Waals surface area contributed by atoms with Crippen LogP contribution in [-0.4, -0.2) is 35.0 Å². The van der Waals surface area contributed by atoms with E-state index in [9.17, 15) is 14.7 Å². The van der Waals surface area contributed by atoms with Crippen LogP contribution in [0.25, 0.3) is 0 Å². The van der Waals surface area contributed by atoms with Gasteiger partial charge in [0.1, 0.15) is 5.41 Å². The average Bonchev–Trinajstić information content (AvgIpc) is 3.30. The molecule has 2 aliphatic rings. The highest BCUT2D eigenvalue weighted by Crippen LogP contribution is 2.48. The second kappa shape index (κ2) is 4.86. The van der Waals surface area contributed by atoms with Gasteiger partial charge in [0, 0.05) is 13.1 Å². The summed E-state index contributed by atoms with van der Waals surface area (Å²) in [6, 6.07) is 10.4. The summed E-state index contributed by atoms with van der Waals surface area (Å²) in [6.45, 7) is 3.53. The second-order valence-corrected chi connectivity index (χ2v) is 6.61. The van der Waals surface area contributed by atoms with Crippen LogP contribution in [-0.2, 0) is 15.0 Å². The molecule has 2 fully saturated rings. The normalized spacial score (nSPS) is 22.6. The number of piperidine rings is 1. The summed E-state index contributed by atoms with van der Waals surface area (Å²) in [4.78, 5) is 25.4. The first-order chi connectivity index (χ1) is 9.98. The van der Waals surface area contributed by atoms with Crippen molar-refractivity contribution in [1.29, 1.82) is 0 Å². The summed E-state index contributed by atoms with van der Waals surface area (Å²) in [5, 5.41) is 9.24. The lowest BCUT2D eigenvalue weighted by Crippen LogP contribution is -2.48. The minimum absolute atomic E-state index is 0.0813. The molecule has 1 aliphatic carbocycles. The van der Waals surface area contributed by atoms with Crippen molar-refractivity contribution in [1.82, 2.24) is 4.90 Å². The standard InChI is InChI=1S/C17H21NO3/c1-16(13-5-3-2-4-6-13)9-11-18(12-10-16)14(19)17(7-8-17)15(20)21/h2-6H,7-12H2,1H3,(H,20,21). The molecule has 112 valence electrons. The van der Waals surface area contributed by atoms with Gasteiger partial charge in [-0.3, -0.25) is 9.59 Å². The van der Waals surface area contributed by atoms with Crippen LogP contribution in [0.2, 0.25) is 0 Å². The number of hydrogen-bond donors (Lipinski definition) is 1. The Morgan fingerprint density at radius 3 is 2.10 bits per heavy atom. The van der Waals surface area contributed by atoms with Crippen LogP contribution in [0.1, 0.15) is 38.2 Å². The number of benzene rings is 1. The van der Waals surface area contributed by atoms with E-state index in [4.69, 9.17) is 0 Å². The highest BCUT2D eigenvalue weighted by Gasteiger charge is 2.58. The van der Waals surface area contributed by atoms with E-state index < -0.39 is 11.4 Å². The maximum atomic E-state index is 12.4. The molecule has 1 aliphatic heterocycles. The predicted octanol–water partition coefficient (Wildman–Crippen LogP) is 2.43. The van der Waals surface area contributed by atoms with Gasteiger partial charge in [0.05, 0.1) is 0 Å². The summed E-state index contributed by atoms with van der Waals surface area (Å²) in [7, 11) is 0. The van der Waals surface area contributed by atoms with E-state index in [1.165, 1.54) is 5.56 Å². The van der Waals surface area contributed by atoms with Crippen molar-refractivity contribution < 1.29 is 14.7 Å². The maximum absolute atomic E-state index is 12.4. The maximum Gasteiger partial charge on any atom is 0.319 e. The first-order valence-electron chi connectivity index (χ1n) is 7.56. The second-order valence-electron chi connectivity index (χ2n) is 6.61. The smallest absolute Gasteiger partial charge is 0.319 e. The molecule has 1 saturated carbocycles. The molecule has 1 aromatic carbocycles. The van der Waals surface area contributed by atoms with E-state index in [0.29, 0.717) is 25.9 Å². The number of likely N-dealkylation sites (tertiary alicyclic amines) is 1. The van der Waals surface area contributed by atoms with Crippen LogP contribution in [0.4, 0.5) is 0 Å². The summed E-state index contributed by atoms with van der Waals surface area (Å²) in [5.74, 6) is -1.13. The van der Waals surface area contributed by atoms with E-state index in [1.54, 1.807) is 4.90 Å². The van der Waals surface area contributed by atoms with Crippen LogP contribution in [0.3, 0.4) is 0 Å². The van der Waals surface area contributed by atoms with Gasteiger partial charge in [-0.2, -0.15) is 0 Å². The Kier molecular flexibility index (Phi) is 3.27. The van der Waals surface area contributed by atoms with Gasteiger partial charge in [0.15, 0.2) is 0 Å².